The Morgan fingerprint density at radius 2 is 1.92 bits per heavy atom. The molecule has 1 aliphatic carbocycles. The lowest BCUT2D eigenvalue weighted by atomic mass is 10.0. The van der Waals surface area contributed by atoms with Gasteiger partial charge >= 0.3 is 0 Å². The fraction of sp³-hybridized carbons (Fsp3) is 0.280. The monoisotopic (exact) mass is 549 g/mol. The number of rotatable bonds is 7. The molecule has 1 saturated carbocycles. The molecule has 2 aromatic carbocycles. The van der Waals surface area contributed by atoms with E-state index < -0.39 is 27.8 Å². The van der Waals surface area contributed by atoms with E-state index in [1.54, 1.807) is 18.2 Å². The molecule has 2 aliphatic rings. The van der Waals surface area contributed by atoms with Crippen LogP contribution in [-0.4, -0.2) is 38.3 Å². The van der Waals surface area contributed by atoms with E-state index in [2.05, 4.69) is 4.98 Å². The summed E-state index contributed by atoms with van der Waals surface area (Å²) < 4.78 is 46.7. The SMILES string of the molecule is CN(C(=O)c1c(F)cccc1Cl)c1ncc(-c2cc(C3OC3N)ccc2Cl)cc1S(=O)(=O)CC1CC1. The number of sulfone groups is 1. The molecule has 0 radical (unpaired) electrons. The van der Waals surface area contributed by atoms with Gasteiger partial charge in [0, 0.05) is 29.4 Å². The average molecular weight is 550 g/mol. The Morgan fingerprint density at radius 3 is 2.56 bits per heavy atom. The van der Waals surface area contributed by atoms with Crippen LogP contribution in [0, 0.1) is 11.7 Å². The lowest BCUT2D eigenvalue weighted by Gasteiger charge is -2.21. The van der Waals surface area contributed by atoms with Crippen LogP contribution in [0.15, 0.2) is 53.6 Å². The number of carbonyl (C=O) groups excluding carboxylic acids is 1. The first-order chi connectivity index (χ1) is 17.1. The molecule has 2 fully saturated rings. The van der Waals surface area contributed by atoms with Gasteiger partial charge < -0.3 is 10.5 Å². The maximum Gasteiger partial charge on any atom is 0.263 e. The third-order valence-corrected chi connectivity index (χ3v) is 8.80. The maximum absolute atomic E-state index is 14.5. The van der Waals surface area contributed by atoms with Gasteiger partial charge in [0.1, 0.15) is 23.0 Å². The summed E-state index contributed by atoms with van der Waals surface area (Å²) in [5, 5.41) is 0.297. The minimum Gasteiger partial charge on any atom is -0.348 e. The number of pyridine rings is 1. The number of amides is 1. The number of nitrogens with two attached hydrogens (primary N) is 1. The topological polar surface area (TPSA) is 106 Å². The van der Waals surface area contributed by atoms with Crippen molar-refractivity contribution in [3.05, 3.63) is 75.7 Å². The van der Waals surface area contributed by atoms with Crippen LogP contribution < -0.4 is 10.6 Å². The second kappa shape index (κ2) is 9.39. The summed E-state index contributed by atoms with van der Waals surface area (Å²) >= 11 is 12.5. The first-order valence-electron chi connectivity index (χ1n) is 11.2. The largest absolute Gasteiger partial charge is 0.348 e. The number of anilines is 1. The van der Waals surface area contributed by atoms with Gasteiger partial charge in [0.25, 0.3) is 5.91 Å². The molecule has 1 aromatic heterocycles. The summed E-state index contributed by atoms with van der Waals surface area (Å²) in [6.07, 6.45) is 2.39. The normalized spacial score (nSPS) is 19.2. The molecule has 1 amide bonds. The third kappa shape index (κ3) is 4.86. The molecule has 188 valence electrons. The molecule has 11 heteroatoms. The number of nitrogens with zero attached hydrogens (tertiary/aromatic N) is 2. The molecule has 36 heavy (non-hydrogen) atoms. The van der Waals surface area contributed by atoms with Gasteiger partial charge in [-0.15, -0.1) is 0 Å². The summed E-state index contributed by atoms with van der Waals surface area (Å²) in [5.41, 5.74) is 7.21. The lowest BCUT2D eigenvalue weighted by Crippen LogP contribution is -2.30. The summed E-state index contributed by atoms with van der Waals surface area (Å²) in [7, 11) is -2.51. The molecule has 1 aliphatic heterocycles. The number of carbonyl (C=O) groups is 1. The number of epoxide rings is 1. The molecule has 2 atom stereocenters. The van der Waals surface area contributed by atoms with Gasteiger partial charge in [0.05, 0.1) is 16.3 Å². The van der Waals surface area contributed by atoms with Crippen LogP contribution in [0.2, 0.25) is 10.0 Å². The van der Waals surface area contributed by atoms with E-state index in [1.165, 1.54) is 31.4 Å². The third-order valence-electron chi connectivity index (χ3n) is 6.27. The van der Waals surface area contributed by atoms with E-state index in [0.29, 0.717) is 16.1 Å². The number of hydrogen-bond donors (Lipinski definition) is 1. The summed E-state index contributed by atoms with van der Waals surface area (Å²) in [6.45, 7) is 0. The Hall–Kier alpha value is -2.56. The van der Waals surface area contributed by atoms with Crippen molar-refractivity contribution in [2.45, 2.75) is 30.1 Å². The second-order valence-corrected chi connectivity index (χ2v) is 11.8. The number of hydrogen-bond acceptors (Lipinski definition) is 6. The highest BCUT2D eigenvalue weighted by atomic mass is 35.5. The minimum absolute atomic E-state index is 0.0499. The van der Waals surface area contributed by atoms with Crippen molar-refractivity contribution in [2.75, 3.05) is 17.7 Å². The van der Waals surface area contributed by atoms with Crippen LogP contribution in [0.1, 0.15) is 34.9 Å². The number of benzene rings is 2. The molecule has 7 nitrogen and oxygen atoms in total. The smallest absolute Gasteiger partial charge is 0.263 e. The van der Waals surface area contributed by atoms with Crippen molar-refractivity contribution >= 4 is 44.8 Å². The second-order valence-electron chi connectivity index (χ2n) is 8.99. The Labute approximate surface area is 217 Å². The number of halogens is 3. The molecular weight excluding hydrogens is 528 g/mol. The predicted octanol–water partition coefficient (Wildman–Crippen LogP) is 5.01. The maximum atomic E-state index is 14.5. The molecule has 0 bridgehead atoms. The molecule has 2 heterocycles. The molecule has 2 N–H and O–H groups in total. The molecule has 2 unspecified atom stereocenters. The highest BCUT2D eigenvalue weighted by molar-refractivity contribution is 7.91. The number of aromatic nitrogens is 1. The zero-order valence-electron chi connectivity index (χ0n) is 19.1. The molecule has 3 aromatic rings. The van der Waals surface area contributed by atoms with E-state index in [-0.39, 0.29) is 39.1 Å². The minimum atomic E-state index is -3.85. The van der Waals surface area contributed by atoms with Crippen LogP contribution in [0.25, 0.3) is 11.1 Å². The Morgan fingerprint density at radius 1 is 1.19 bits per heavy atom. The van der Waals surface area contributed by atoms with E-state index in [4.69, 9.17) is 33.7 Å². The fourth-order valence-corrected chi connectivity index (χ4v) is 6.43. The van der Waals surface area contributed by atoms with Gasteiger partial charge in [-0.25, -0.2) is 17.8 Å². The fourth-order valence-electron chi connectivity index (χ4n) is 4.05. The zero-order valence-corrected chi connectivity index (χ0v) is 21.4. The van der Waals surface area contributed by atoms with Crippen molar-refractivity contribution in [3.63, 3.8) is 0 Å². The molecular formula is C25H22Cl2FN3O4S. The average Bonchev–Trinajstić information content (AvgIpc) is 3.77. The van der Waals surface area contributed by atoms with Crippen LogP contribution in [0.5, 0.6) is 0 Å². The summed E-state index contributed by atoms with van der Waals surface area (Å²) in [4.78, 5) is 18.4. The quantitative estimate of drug-likeness (QED) is 0.415. The number of ether oxygens (including phenoxy) is 1. The van der Waals surface area contributed by atoms with Crippen molar-refractivity contribution < 1.29 is 22.3 Å². The van der Waals surface area contributed by atoms with Crippen LogP contribution in [0.4, 0.5) is 10.2 Å². The van der Waals surface area contributed by atoms with Gasteiger partial charge in [-0.2, -0.15) is 0 Å². The Kier molecular flexibility index (Phi) is 6.55. The predicted molar refractivity (Wildman–Crippen MR) is 135 cm³/mol. The van der Waals surface area contributed by atoms with E-state index in [9.17, 15) is 17.6 Å². The van der Waals surface area contributed by atoms with Crippen molar-refractivity contribution in [3.8, 4) is 11.1 Å². The molecule has 1 saturated heterocycles. The van der Waals surface area contributed by atoms with Gasteiger partial charge in [-0.05, 0) is 54.7 Å². The molecule has 5 rings (SSSR count). The first-order valence-corrected chi connectivity index (χ1v) is 13.6. The lowest BCUT2D eigenvalue weighted by molar-refractivity contribution is 0.0988. The van der Waals surface area contributed by atoms with E-state index >= 15 is 0 Å². The van der Waals surface area contributed by atoms with E-state index in [0.717, 1.165) is 29.4 Å². The van der Waals surface area contributed by atoms with Crippen molar-refractivity contribution in [1.82, 2.24) is 4.98 Å². The highest BCUT2D eigenvalue weighted by Crippen LogP contribution is 2.41. The van der Waals surface area contributed by atoms with Gasteiger partial charge in [-0.1, -0.05) is 35.3 Å². The van der Waals surface area contributed by atoms with Crippen molar-refractivity contribution in [2.24, 2.45) is 11.7 Å². The van der Waals surface area contributed by atoms with Crippen LogP contribution in [-0.2, 0) is 14.6 Å². The van der Waals surface area contributed by atoms with Crippen LogP contribution >= 0.6 is 23.2 Å². The Balaban J connectivity index is 1.61. The van der Waals surface area contributed by atoms with Crippen LogP contribution in [0.3, 0.4) is 0 Å². The highest BCUT2D eigenvalue weighted by Gasteiger charge is 2.37. The van der Waals surface area contributed by atoms with Crippen molar-refractivity contribution in [1.29, 1.82) is 0 Å². The standard InChI is InChI=1S/C25H22Cl2FN3O4S/c1-31(25(32)21-18(27)3-2-4-19(21)28)24-20(36(33,34)12-13-5-6-13)10-15(11-30-24)16-9-14(7-8-17(16)26)22-23(29)35-22/h2-4,7-11,13,22-23H,5-6,12,29H2,1H3. The summed E-state index contributed by atoms with van der Waals surface area (Å²) in [5.74, 6) is -1.78. The zero-order chi connectivity index (χ0) is 25.8. The molecule has 0 spiro atoms. The summed E-state index contributed by atoms with van der Waals surface area (Å²) in [6, 6.07) is 10.6. The van der Waals surface area contributed by atoms with Gasteiger partial charge in [0.15, 0.2) is 15.7 Å². The van der Waals surface area contributed by atoms with E-state index in [1.807, 2.05) is 0 Å². The van der Waals surface area contributed by atoms with Gasteiger partial charge in [0.2, 0.25) is 0 Å². The Bertz CT molecular complexity index is 1460. The first kappa shape index (κ1) is 25.1. The van der Waals surface area contributed by atoms with Gasteiger partial charge in [-0.3, -0.25) is 9.69 Å².